The van der Waals surface area contributed by atoms with Crippen LogP contribution in [-0.2, 0) is 4.74 Å². The molecule has 0 spiro atoms. The molecule has 0 atom stereocenters. The highest BCUT2D eigenvalue weighted by Crippen LogP contribution is 2.21. The van der Waals surface area contributed by atoms with Crippen LogP contribution in [0, 0.1) is 19.7 Å². The predicted molar refractivity (Wildman–Crippen MR) is 92.5 cm³/mol. The predicted octanol–water partition coefficient (Wildman–Crippen LogP) is 3.41. The summed E-state index contributed by atoms with van der Waals surface area (Å²) in [5, 5.41) is 0. The zero-order valence-electron chi connectivity index (χ0n) is 15.1. The van der Waals surface area contributed by atoms with Crippen molar-refractivity contribution in [2.75, 3.05) is 13.2 Å². The Balaban J connectivity index is 2.15. The lowest BCUT2D eigenvalue weighted by Gasteiger charge is -2.08. The van der Waals surface area contributed by atoms with Gasteiger partial charge in [0.2, 0.25) is 5.78 Å². The highest BCUT2D eigenvalue weighted by molar-refractivity contribution is 6.03. The molecule has 0 aliphatic rings. The van der Waals surface area contributed by atoms with Gasteiger partial charge in [0.05, 0.1) is 12.2 Å². The number of ether oxygens (including phenoxy) is 2. The quantitative estimate of drug-likeness (QED) is 0.603. The van der Waals surface area contributed by atoms with Crippen LogP contribution in [-0.4, -0.2) is 35.7 Å². The molecule has 2 rings (SSSR count). The molecule has 1 heterocycles. The zero-order valence-corrected chi connectivity index (χ0v) is 15.1. The van der Waals surface area contributed by atoms with E-state index in [9.17, 15) is 18.8 Å². The van der Waals surface area contributed by atoms with E-state index >= 15 is 0 Å². The van der Waals surface area contributed by atoms with Crippen LogP contribution >= 0.6 is 0 Å². The van der Waals surface area contributed by atoms with E-state index in [1.807, 2.05) is 0 Å². The van der Waals surface area contributed by atoms with Crippen molar-refractivity contribution in [2.45, 2.75) is 27.7 Å². The van der Waals surface area contributed by atoms with Crippen LogP contribution in [0.2, 0.25) is 0 Å². The minimum absolute atomic E-state index is 0.0416. The molecule has 0 amide bonds. The first-order valence-corrected chi connectivity index (χ1v) is 8.09. The zero-order chi connectivity index (χ0) is 19.4. The van der Waals surface area contributed by atoms with Gasteiger partial charge in [-0.2, -0.15) is 0 Å². The highest BCUT2D eigenvalue weighted by Gasteiger charge is 2.23. The summed E-state index contributed by atoms with van der Waals surface area (Å²) in [5.74, 6) is -1.86. The number of halogens is 1. The van der Waals surface area contributed by atoms with Gasteiger partial charge in [-0.3, -0.25) is 9.59 Å². The van der Waals surface area contributed by atoms with Gasteiger partial charge in [0.15, 0.2) is 12.4 Å². The first-order chi connectivity index (χ1) is 12.3. The van der Waals surface area contributed by atoms with E-state index in [0.717, 1.165) is 6.07 Å². The number of aryl methyl sites for hydroxylation is 1. The first-order valence-electron chi connectivity index (χ1n) is 8.09. The van der Waals surface area contributed by atoms with E-state index in [1.54, 1.807) is 20.8 Å². The number of carbonyl (C=O) groups is 3. The third kappa shape index (κ3) is 3.99. The minimum Gasteiger partial charge on any atom is -0.485 e. The number of hydrogen-bond acceptors (Lipinski definition) is 5. The number of carbonyl (C=O) groups excluding carboxylic acids is 3. The Morgan fingerprint density at radius 3 is 2.46 bits per heavy atom. The number of Topliss-reactive ketones (excluding diaryl/α,β-unsaturated/α-hetero) is 2. The van der Waals surface area contributed by atoms with Crippen molar-refractivity contribution in [2.24, 2.45) is 0 Å². The van der Waals surface area contributed by atoms with Gasteiger partial charge in [-0.1, -0.05) is 0 Å². The third-order valence-corrected chi connectivity index (χ3v) is 3.89. The molecule has 138 valence electrons. The first kappa shape index (κ1) is 19.4. The largest absolute Gasteiger partial charge is 0.485 e. The average molecular weight is 361 g/mol. The normalized spacial score (nSPS) is 10.5. The van der Waals surface area contributed by atoms with Gasteiger partial charge in [-0.25, -0.2) is 9.18 Å². The van der Waals surface area contributed by atoms with Crippen LogP contribution in [0.4, 0.5) is 4.39 Å². The maximum Gasteiger partial charge on any atom is 0.355 e. The van der Waals surface area contributed by atoms with Gasteiger partial charge < -0.3 is 14.5 Å². The van der Waals surface area contributed by atoms with E-state index in [0.29, 0.717) is 16.8 Å². The second kappa shape index (κ2) is 7.95. The summed E-state index contributed by atoms with van der Waals surface area (Å²) in [6.45, 7) is 6.17. The van der Waals surface area contributed by atoms with Gasteiger partial charge in [0.1, 0.15) is 17.3 Å². The molecule has 0 saturated carbocycles. The van der Waals surface area contributed by atoms with Crippen molar-refractivity contribution >= 4 is 17.5 Å². The third-order valence-electron chi connectivity index (χ3n) is 3.89. The molecule has 1 aromatic heterocycles. The minimum atomic E-state index is -0.707. The SMILES string of the molecule is CCOC(=O)c1[nH]c(C)c(C(=O)COc2ccc(C(C)=O)c(F)c2)c1C. The number of aromatic nitrogens is 1. The smallest absolute Gasteiger partial charge is 0.355 e. The molecular formula is C19H20FNO5. The van der Waals surface area contributed by atoms with Crippen LogP contribution < -0.4 is 4.74 Å². The van der Waals surface area contributed by atoms with E-state index in [2.05, 4.69) is 4.98 Å². The summed E-state index contributed by atoms with van der Waals surface area (Å²) >= 11 is 0. The van der Waals surface area contributed by atoms with Crippen LogP contribution in [0.1, 0.15) is 56.3 Å². The van der Waals surface area contributed by atoms with E-state index in [1.165, 1.54) is 19.1 Å². The Bertz CT molecular complexity index is 869. The Morgan fingerprint density at radius 2 is 1.88 bits per heavy atom. The summed E-state index contributed by atoms with van der Waals surface area (Å²) in [5.41, 5.74) is 1.53. The standard InChI is InChI=1S/C19H20FNO5/c1-5-25-19(24)18-10(2)17(11(3)21-18)16(23)9-26-13-6-7-14(12(4)22)15(20)8-13/h6-8,21H,5,9H2,1-4H3. The second-order valence-corrected chi connectivity index (χ2v) is 5.76. The lowest BCUT2D eigenvalue weighted by molar-refractivity contribution is 0.0519. The Hall–Kier alpha value is -2.96. The molecule has 0 unspecified atom stereocenters. The highest BCUT2D eigenvalue weighted by atomic mass is 19.1. The summed E-state index contributed by atoms with van der Waals surface area (Å²) in [6.07, 6.45) is 0. The van der Waals surface area contributed by atoms with Crippen LogP contribution in [0.15, 0.2) is 18.2 Å². The van der Waals surface area contributed by atoms with Crippen molar-refractivity contribution in [1.82, 2.24) is 4.98 Å². The molecule has 0 bridgehead atoms. The number of H-pyrrole nitrogens is 1. The Kier molecular flexibility index (Phi) is 5.92. The molecule has 7 heteroatoms. The molecule has 1 aromatic carbocycles. The molecule has 0 aliphatic carbocycles. The summed E-state index contributed by atoms with van der Waals surface area (Å²) in [6, 6.07) is 3.79. The van der Waals surface area contributed by atoms with Gasteiger partial charge in [-0.05, 0) is 45.4 Å². The van der Waals surface area contributed by atoms with Crippen LogP contribution in [0.5, 0.6) is 5.75 Å². The Morgan fingerprint density at radius 1 is 1.19 bits per heavy atom. The van der Waals surface area contributed by atoms with Gasteiger partial charge in [-0.15, -0.1) is 0 Å². The lowest BCUT2D eigenvalue weighted by atomic mass is 10.1. The molecule has 2 aromatic rings. The molecule has 0 radical (unpaired) electrons. The number of hydrogen-bond donors (Lipinski definition) is 1. The summed E-state index contributed by atoms with van der Waals surface area (Å²) in [7, 11) is 0. The van der Waals surface area contributed by atoms with Crippen molar-refractivity contribution in [1.29, 1.82) is 0 Å². The lowest BCUT2D eigenvalue weighted by Crippen LogP contribution is -2.14. The fourth-order valence-electron chi connectivity index (χ4n) is 2.67. The van der Waals surface area contributed by atoms with Crippen molar-refractivity contribution < 1.29 is 28.2 Å². The van der Waals surface area contributed by atoms with Gasteiger partial charge in [0, 0.05) is 17.3 Å². The van der Waals surface area contributed by atoms with Crippen molar-refractivity contribution in [3.63, 3.8) is 0 Å². The fourth-order valence-corrected chi connectivity index (χ4v) is 2.67. The number of esters is 1. The maximum atomic E-state index is 13.8. The van der Waals surface area contributed by atoms with Crippen LogP contribution in [0.3, 0.4) is 0 Å². The molecule has 26 heavy (non-hydrogen) atoms. The monoisotopic (exact) mass is 361 g/mol. The number of nitrogens with one attached hydrogen (secondary N) is 1. The maximum absolute atomic E-state index is 13.8. The van der Waals surface area contributed by atoms with Gasteiger partial charge >= 0.3 is 5.97 Å². The van der Waals surface area contributed by atoms with Gasteiger partial charge in [0.25, 0.3) is 0 Å². The van der Waals surface area contributed by atoms with E-state index in [4.69, 9.17) is 9.47 Å². The van der Waals surface area contributed by atoms with Crippen LogP contribution in [0.25, 0.3) is 0 Å². The Labute approximate surface area is 150 Å². The molecule has 0 fully saturated rings. The molecule has 0 saturated heterocycles. The number of aromatic amines is 1. The molecular weight excluding hydrogens is 341 g/mol. The average Bonchev–Trinajstić information content (AvgIpc) is 2.87. The number of benzene rings is 1. The number of rotatable bonds is 7. The number of ketones is 2. The molecule has 0 aliphatic heterocycles. The second-order valence-electron chi connectivity index (χ2n) is 5.76. The molecule has 6 nitrogen and oxygen atoms in total. The van der Waals surface area contributed by atoms with Crippen molar-refractivity contribution in [3.05, 3.63) is 52.1 Å². The molecule has 1 N–H and O–H groups in total. The fraction of sp³-hybridized carbons (Fsp3) is 0.316. The summed E-state index contributed by atoms with van der Waals surface area (Å²) in [4.78, 5) is 38.4. The van der Waals surface area contributed by atoms with Crippen molar-refractivity contribution in [3.8, 4) is 5.75 Å². The van der Waals surface area contributed by atoms with E-state index < -0.39 is 17.6 Å². The van der Waals surface area contributed by atoms with E-state index in [-0.39, 0.29) is 36.0 Å². The topological polar surface area (TPSA) is 85.5 Å². The summed E-state index contributed by atoms with van der Waals surface area (Å²) < 4.78 is 24.1.